The third kappa shape index (κ3) is 5.73. The number of rotatable bonds is 10. The zero-order valence-corrected chi connectivity index (χ0v) is 24.4. The van der Waals surface area contributed by atoms with E-state index < -0.39 is 0 Å². The first kappa shape index (κ1) is 28.8. The van der Waals surface area contributed by atoms with Crippen molar-refractivity contribution in [2.75, 3.05) is 19.8 Å². The van der Waals surface area contributed by atoms with Crippen molar-refractivity contribution in [1.29, 1.82) is 0 Å². The second-order valence-corrected chi connectivity index (χ2v) is 9.53. The maximum Gasteiger partial charge on any atom is 0.216 e. The van der Waals surface area contributed by atoms with E-state index in [9.17, 15) is 0 Å². The standard InChI is InChI=1S/C31H34ClN2O4.ClH/c1-5-22-23-10-11-26(35-6-2)31(38-19-20-9-12-29(32)33-17-20)25(23)18-34-14-13-21-15-27(36-7-3)28(37-8-4)16-24(21)30(22)34;/h9-12,15-18H,5-8,13-14,19H2,1-4H3;1H/q+1;/p-1. The Morgan fingerprint density at radius 1 is 0.846 bits per heavy atom. The average molecular weight is 570 g/mol. The van der Waals surface area contributed by atoms with Gasteiger partial charge in [-0.1, -0.05) is 24.6 Å². The fourth-order valence-electron chi connectivity index (χ4n) is 5.22. The molecule has 0 spiro atoms. The maximum absolute atomic E-state index is 6.42. The fraction of sp³-hybridized carbons (Fsp3) is 0.355. The van der Waals surface area contributed by atoms with E-state index >= 15 is 0 Å². The molecule has 0 unspecified atom stereocenters. The first-order valence-corrected chi connectivity index (χ1v) is 13.8. The van der Waals surface area contributed by atoms with Crippen LogP contribution in [0.15, 0.2) is 48.8 Å². The molecule has 8 heteroatoms. The summed E-state index contributed by atoms with van der Waals surface area (Å²) in [7, 11) is 0. The van der Waals surface area contributed by atoms with Gasteiger partial charge < -0.3 is 31.4 Å². The number of benzene rings is 2. The van der Waals surface area contributed by atoms with Gasteiger partial charge in [-0.25, -0.2) is 4.98 Å². The number of halogens is 2. The lowest BCUT2D eigenvalue weighted by molar-refractivity contribution is -0.686. The molecule has 4 aromatic rings. The van der Waals surface area contributed by atoms with Gasteiger partial charge in [-0.05, 0) is 63.1 Å². The van der Waals surface area contributed by atoms with E-state index in [0.29, 0.717) is 31.6 Å². The van der Waals surface area contributed by atoms with Crippen molar-refractivity contribution in [3.63, 3.8) is 0 Å². The van der Waals surface area contributed by atoms with Crippen LogP contribution in [0, 0.1) is 0 Å². The molecule has 0 saturated heterocycles. The van der Waals surface area contributed by atoms with Gasteiger partial charge in [0.15, 0.2) is 35.7 Å². The highest BCUT2D eigenvalue weighted by Crippen LogP contribution is 2.43. The van der Waals surface area contributed by atoms with Crippen LogP contribution in [0.4, 0.5) is 0 Å². The van der Waals surface area contributed by atoms with Gasteiger partial charge in [0.1, 0.15) is 11.8 Å². The number of nitrogens with zero attached hydrogens (tertiary/aromatic N) is 2. The summed E-state index contributed by atoms with van der Waals surface area (Å²) in [4.78, 5) is 4.19. The molecule has 6 nitrogen and oxygen atoms in total. The van der Waals surface area contributed by atoms with E-state index in [1.165, 1.54) is 22.4 Å². The monoisotopic (exact) mass is 568 g/mol. The second kappa shape index (κ2) is 12.8. The third-order valence-corrected chi connectivity index (χ3v) is 7.04. The Morgan fingerprint density at radius 2 is 1.56 bits per heavy atom. The lowest BCUT2D eigenvalue weighted by Gasteiger charge is -2.22. The largest absolute Gasteiger partial charge is 1.00 e. The predicted molar refractivity (Wildman–Crippen MR) is 150 cm³/mol. The molecule has 0 bridgehead atoms. The molecule has 0 amide bonds. The van der Waals surface area contributed by atoms with Crippen molar-refractivity contribution < 1.29 is 35.9 Å². The van der Waals surface area contributed by atoms with Crippen LogP contribution in [-0.2, 0) is 26.0 Å². The second-order valence-electron chi connectivity index (χ2n) is 9.14. The molecule has 3 heterocycles. The molecule has 2 aromatic heterocycles. The average Bonchev–Trinajstić information content (AvgIpc) is 2.92. The van der Waals surface area contributed by atoms with E-state index in [1.54, 1.807) is 12.3 Å². The molecule has 0 N–H and O–H groups in total. The molecule has 0 atom stereocenters. The van der Waals surface area contributed by atoms with Crippen LogP contribution in [0.1, 0.15) is 44.4 Å². The lowest BCUT2D eigenvalue weighted by atomic mass is 9.90. The topological polar surface area (TPSA) is 53.7 Å². The van der Waals surface area contributed by atoms with Gasteiger partial charge in [0.2, 0.25) is 5.69 Å². The Hall–Kier alpha value is -3.22. The highest BCUT2D eigenvalue weighted by Gasteiger charge is 2.31. The molecule has 0 fully saturated rings. The van der Waals surface area contributed by atoms with Crippen LogP contribution in [0.5, 0.6) is 23.0 Å². The molecular formula is C31H34Cl2N2O4. The minimum atomic E-state index is 0. The van der Waals surface area contributed by atoms with E-state index in [0.717, 1.165) is 58.7 Å². The minimum absolute atomic E-state index is 0. The van der Waals surface area contributed by atoms with Crippen molar-refractivity contribution in [2.45, 2.75) is 53.7 Å². The number of hydrogen-bond acceptors (Lipinski definition) is 5. The Bertz CT molecular complexity index is 1460. The number of aryl methyl sites for hydroxylation is 3. The summed E-state index contributed by atoms with van der Waals surface area (Å²) < 4.78 is 26.7. The van der Waals surface area contributed by atoms with Gasteiger partial charge in [-0.2, -0.15) is 4.57 Å². The smallest absolute Gasteiger partial charge is 0.216 e. The molecular weight excluding hydrogens is 535 g/mol. The highest BCUT2D eigenvalue weighted by molar-refractivity contribution is 6.29. The van der Waals surface area contributed by atoms with Gasteiger partial charge in [0.25, 0.3) is 0 Å². The fourth-order valence-corrected chi connectivity index (χ4v) is 5.33. The normalized spacial score (nSPS) is 11.8. The van der Waals surface area contributed by atoms with E-state index in [1.807, 2.05) is 32.9 Å². The van der Waals surface area contributed by atoms with Crippen LogP contribution in [0.25, 0.3) is 22.0 Å². The Labute approximate surface area is 241 Å². The molecule has 1 aliphatic rings. The Balaban J connectivity index is 0.00000353. The van der Waals surface area contributed by atoms with Crippen molar-refractivity contribution in [3.05, 3.63) is 70.6 Å². The van der Waals surface area contributed by atoms with Gasteiger partial charge in [0.05, 0.1) is 30.8 Å². The van der Waals surface area contributed by atoms with Crippen molar-refractivity contribution in [1.82, 2.24) is 4.98 Å². The first-order valence-electron chi connectivity index (χ1n) is 13.4. The van der Waals surface area contributed by atoms with E-state index in [4.69, 9.17) is 30.5 Å². The molecule has 2 aromatic carbocycles. The summed E-state index contributed by atoms with van der Waals surface area (Å²) in [5.74, 6) is 3.09. The summed E-state index contributed by atoms with van der Waals surface area (Å²) >= 11 is 5.97. The van der Waals surface area contributed by atoms with Crippen molar-refractivity contribution in [2.24, 2.45) is 0 Å². The van der Waals surface area contributed by atoms with Gasteiger partial charge in [0, 0.05) is 29.1 Å². The van der Waals surface area contributed by atoms with Gasteiger partial charge >= 0.3 is 0 Å². The van der Waals surface area contributed by atoms with E-state index in [2.05, 4.69) is 40.9 Å². The van der Waals surface area contributed by atoms with Crippen molar-refractivity contribution in [3.8, 4) is 34.3 Å². The summed E-state index contributed by atoms with van der Waals surface area (Å²) in [6.07, 6.45) is 5.73. The molecule has 1 aliphatic heterocycles. The molecule has 0 aliphatic carbocycles. The quantitative estimate of drug-likeness (QED) is 0.215. The number of ether oxygens (including phenoxy) is 4. The van der Waals surface area contributed by atoms with Crippen LogP contribution in [0.3, 0.4) is 0 Å². The SMILES string of the molecule is CCOc1cc2c(cc1OCC)-c1c(CC)c3ccc(OCC)c(OCc4ccc(Cl)nc4)c3c[n+]1CC2.[Cl-]. The number of pyridine rings is 2. The van der Waals surface area contributed by atoms with Gasteiger partial charge in [-0.15, -0.1) is 0 Å². The maximum atomic E-state index is 6.42. The first-order chi connectivity index (χ1) is 18.6. The summed E-state index contributed by atoms with van der Waals surface area (Å²) in [5, 5.41) is 2.66. The van der Waals surface area contributed by atoms with Crippen molar-refractivity contribution >= 4 is 22.4 Å². The van der Waals surface area contributed by atoms with E-state index in [-0.39, 0.29) is 12.4 Å². The Kier molecular flexibility index (Phi) is 9.41. The molecule has 5 rings (SSSR count). The zero-order chi connectivity index (χ0) is 26.6. The number of fused-ring (bicyclic) bond motifs is 4. The van der Waals surface area contributed by atoms with Crippen LogP contribution in [-0.4, -0.2) is 24.8 Å². The van der Waals surface area contributed by atoms with Crippen LogP contribution >= 0.6 is 11.6 Å². The molecule has 206 valence electrons. The summed E-state index contributed by atoms with van der Waals surface area (Å²) in [6, 6.07) is 12.2. The minimum Gasteiger partial charge on any atom is -1.00 e. The van der Waals surface area contributed by atoms with Crippen LogP contribution < -0.4 is 35.9 Å². The predicted octanol–water partition coefficient (Wildman–Crippen LogP) is 3.74. The number of aromatic nitrogens is 2. The lowest BCUT2D eigenvalue weighted by Crippen LogP contribution is -3.00. The summed E-state index contributed by atoms with van der Waals surface area (Å²) in [6.45, 7) is 11.2. The molecule has 0 saturated carbocycles. The summed E-state index contributed by atoms with van der Waals surface area (Å²) in [5.41, 5.74) is 5.92. The molecule has 0 radical (unpaired) electrons. The highest BCUT2D eigenvalue weighted by atomic mass is 35.5. The Morgan fingerprint density at radius 3 is 2.23 bits per heavy atom. The van der Waals surface area contributed by atoms with Gasteiger partial charge in [-0.3, -0.25) is 0 Å². The third-order valence-electron chi connectivity index (χ3n) is 6.81. The zero-order valence-electron chi connectivity index (χ0n) is 22.9. The van der Waals surface area contributed by atoms with Crippen LogP contribution in [0.2, 0.25) is 5.15 Å². The molecule has 39 heavy (non-hydrogen) atoms. The number of hydrogen-bond donors (Lipinski definition) is 0.